The number of piperidine rings is 1. The van der Waals surface area contributed by atoms with Crippen molar-refractivity contribution in [3.63, 3.8) is 0 Å². The summed E-state index contributed by atoms with van der Waals surface area (Å²) >= 11 is 0. The Morgan fingerprint density at radius 3 is 2.59 bits per heavy atom. The fraction of sp³-hybridized carbons (Fsp3) is 0.833. The van der Waals surface area contributed by atoms with Gasteiger partial charge < -0.3 is 16.0 Å². The van der Waals surface area contributed by atoms with Gasteiger partial charge in [0.05, 0.1) is 11.8 Å². The van der Waals surface area contributed by atoms with E-state index >= 15 is 0 Å². The van der Waals surface area contributed by atoms with Gasteiger partial charge in [-0.25, -0.2) is 0 Å². The number of hydrogen-bond donors (Lipinski definition) is 2. The third-order valence-corrected chi connectivity index (χ3v) is 3.98. The van der Waals surface area contributed by atoms with Gasteiger partial charge in [-0.05, 0) is 32.7 Å². The van der Waals surface area contributed by atoms with Crippen LogP contribution in [0.4, 0.5) is 0 Å². The van der Waals surface area contributed by atoms with Gasteiger partial charge in [0.1, 0.15) is 0 Å². The molecule has 3 atom stereocenters. The molecule has 0 aliphatic carbocycles. The average molecular weight is 239 g/mol. The molecular weight excluding hydrogens is 218 g/mol. The Labute approximate surface area is 102 Å². The first-order valence-electron chi connectivity index (χ1n) is 6.40. The molecule has 0 radical (unpaired) electrons. The Balaban J connectivity index is 2.01. The molecule has 5 nitrogen and oxygen atoms in total. The van der Waals surface area contributed by atoms with Gasteiger partial charge in [0.25, 0.3) is 0 Å². The third-order valence-electron chi connectivity index (χ3n) is 3.98. The van der Waals surface area contributed by atoms with Gasteiger partial charge in [-0.2, -0.15) is 0 Å². The first-order valence-corrected chi connectivity index (χ1v) is 6.40. The van der Waals surface area contributed by atoms with Crippen molar-refractivity contribution >= 4 is 11.8 Å². The molecule has 17 heavy (non-hydrogen) atoms. The normalized spacial score (nSPS) is 33.7. The van der Waals surface area contributed by atoms with Crippen LogP contribution in [0, 0.1) is 11.8 Å². The Morgan fingerprint density at radius 1 is 1.24 bits per heavy atom. The highest BCUT2D eigenvalue weighted by molar-refractivity contribution is 5.82. The van der Waals surface area contributed by atoms with Gasteiger partial charge in [0.2, 0.25) is 11.8 Å². The van der Waals surface area contributed by atoms with E-state index in [4.69, 9.17) is 5.73 Å². The van der Waals surface area contributed by atoms with E-state index in [9.17, 15) is 9.59 Å². The van der Waals surface area contributed by atoms with Crippen LogP contribution in [0.5, 0.6) is 0 Å². The Hall–Kier alpha value is -1.10. The van der Waals surface area contributed by atoms with E-state index < -0.39 is 0 Å². The van der Waals surface area contributed by atoms with Crippen LogP contribution in [0.25, 0.3) is 0 Å². The highest BCUT2D eigenvalue weighted by Gasteiger charge is 2.35. The smallest absolute Gasteiger partial charge is 0.227 e. The topological polar surface area (TPSA) is 75.4 Å². The van der Waals surface area contributed by atoms with Crippen molar-refractivity contribution in [2.24, 2.45) is 17.6 Å². The molecule has 0 aromatic carbocycles. The summed E-state index contributed by atoms with van der Waals surface area (Å²) in [6.07, 6.45) is 2.59. The maximum Gasteiger partial charge on any atom is 0.227 e. The van der Waals surface area contributed by atoms with Crippen molar-refractivity contribution in [1.82, 2.24) is 10.2 Å². The number of carbonyl (C=O) groups is 2. The quantitative estimate of drug-likeness (QED) is 0.695. The number of carbonyl (C=O) groups excluding carboxylic acids is 2. The number of nitrogens with one attached hydrogen (secondary N) is 1. The molecule has 2 amide bonds. The summed E-state index contributed by atoms with van der Waals surface area (Å²) < 4.78 is 0. The van der Waals surface area contributed by atoms with E-state index in [-0.39, 0.29) is 29.7 Å². The Morgan fingerprint density at radius 2 is 2.00 bits per heavy atom. The van der Waals surface area contributed by atoms with Gasteiger partial charge in [-0.3, -0.25) is 9.59 Å². The maximum absolute atomic E-state index is 12.3. The summed E-state index contributed by atoms with van der Waals surface area (Å²) in [6, 6.07) is 0.235. The van der Waals surface area contributed by atoms with E-state index in [0.717, 1.165) is 32.4 Å². The van der Waals surface area contributed by atoms with Crippen molar-refractivity contribution in [1.29, 1.82) is 0 Å². The van der Waals surface area contributed by atoms with Crippen LogP contribution < -0.4 is 11.1 Å². The van der Waals surface area contributed by atoms with Crippen LogP contribution in [0.15, 0.2) is 0 Å². The second kappa shape index (κ2) is 5.04. The second-order valence-electron chi connectivity index (χ2n) is 5.21. The summed E-state index contributed by atoms with van der Waals surface area (Å²) in [6.45, 7) is 4.24. The summed E-state index contributed by atoms with van der Waals surface area (Å²) in [5.41, 5.74) is 5.34. The van der Waals surface area contributed by atoms with Crippen LogP contribution in [-0.4, -0.2) is 42.4 Å². The molecule has 0 saturated carbocycles. The maximum atomic E-state index is 12.3. The number of likely N-dealkylation sites (tertiary alicyclic amines) is 1. The van der Waals surface area contributed by atoms with E-state index in [1.54, 1.807) is 0 Å². The minimum absolute atomic E-state index is 0.0871. The lowest BCUT2D eigenvalue weighted by Crippen LogP contribution is -2.50. The molecule has 0 aromatic heterocycles. The summed E-state index contributed by atoms with van der Waals surface area (Å²) in [5, 5.41) is 3.20. The molecule has 5 heteroatoms. The lowest BCUT2D eigenvalue weighted by atomic mass is 9.91. The summed E-state index contributed by atoms with van der Waals surface area (Å²) in [7, 11) is 0. The van der Waals surface area contributed by atoms with Crippen molar-refractivity contribution in [3.8, 4) is 0 Å². The fourth-order valence-electron chi connectivity index (χ4n) is 2.75. The SMILES string of the molecule is C[C@@H]1CC[C@H](C(N)=O)CN1C(=O)[C@@H]1CCNC1. The predicted octanol–water partition coefficient (Wildman–Crippen LogP) is -0.292. The van der Waals surface area contributed by atoms with Crippen molar-refractivity contribution in [2.75, 3.05) is 19.6 Å². The minimum Gasteiger partial charge on any atom is -0.369 e. The number of nitrogens with zero attached hydrogens (tertiary/aromatic N) is 1. The number of rotatable bonds is 2. The minimum atomic E-state index is -0.278. The largest absolute Gasteiger partial charge is 0.369 e. The number of hydrogen-bond acceptors (Lipinski definition) is 3. The number of amides is 2. The van der Waals surface area contributed by atoms with Crippen LogP contribution >= 0.6 is 0 Å². The molecule has 0 bridgehead atoms. The highest BCUT2D eigenvalue weighted by Crippen LogP contribution is 2.24. The van der Waals surface area contributed by atoms with E-state index in [0.29, 0.717) is 6.54 Å². The molecule has 2 fully saturated rings. The Kier molecular flexibility index (Phi) is 3.66. The summed E-state index contributed by atoms with van der Waals surface area (Å²) in [5.74, 6) is -0.165. The molecule has 0 unspecified atom stereocenters. The van der Waals surface area contributed by atoms with Gasteiger partial charge >= 0.3 is 0 Å². The van der Waals surface area contributed by atoms with Crippen molar-refractivity contribution < 1.29 is 9.59 Å². The molecule has 2 saturated heterocycles. The fourth-order valence-corrected chi connectivity index (χ4v) is 2.75. The molecule has 96 valence electrons. The van der Waals surface area contributed by atoms with Crippen molar-refractivity contribution in [2.45, 2.75) is 32.2 Å². The monoisotopic (exact) mass is 239 g/mol. The molecular formula is C12H21N3O2. The molecule has 2 rings (SSSR count). The van der Waals surface area contributed by atoms with Crippen molar-refractivity contribution in [3.05, 3.63) is 0 Å². The third kappa shape index (κ3) is 2.60. The molecule has 2 aliphatic rings. The molecule has 2 aliphatic heterocycles. The van der Waals surface area contributed by atoms with Gasteiger partial charge in [0, 0.05) is 19.1 Å². The van der Waals surface area contributed by atoms with E-state index in [1.807, 2.05) is 4.90 Å². The average Bonchev–Trinajstić information content (AvgIpc) is 2.81. The lowest BCUT2D eigenvalue weighted by molar-refractivity contribution is -0.141. The zero-order chi connectivity index (χ0) is 12.4. The predicted molar refractivity (Wildman–Crippen MR) is 64.1 cm³/mol. The van der Waals surface area contributed by atoms with Crippen LogP contribution in [0.2, 0.25) is 0 Å². The molecule has 2 heterocycles. The van der Waals surface area contributed by atoms with E-state index in [2.05, 4.69) is 12.2 Å². The number of primary amides is 1. The molecule has 3 N–H and O–H groups in total. The van der Waals surface area contributed by atoms with Crippen LogP contribution in [-0.2, 0) is 9.59 Å². The zero-order valence-electron chi connectivity index (χ0n) is 10.3. The molecule has 0 aromatic rings. The first-order chi connectivity index (χ1) is 8.09. The standard InChI is InChI=1S/C12H21N3O2/c1-8-2-3-10(11(13)16)7-15(8)12(17)9-4-5-14-6-9/h8-10,14H,2-7H2,1H3,(H2,13,16)/t8-,9-,10+/m1/s1. The van der Waals surface area contributed by atoms with Gasteiger partial charge in [-0.15, -0.1) is 0 Å². The number of nitrogens with two attached hydrogens (primary N) is 1. The lowest BCUT2D eigenvalue weighted by Gasteiger charge is -2.38. The van der Waals surface area contributed by atoms with Gasteiger partial charge in [-0.1, -0.05) is 0 Å². The highest BCUT2D eigenvalue weighted by atomic mass is 16.2. The molecule has 0 spiro atoms. The first kappa shape index (κ1) is 12.4. The van der Waals surface area contributed by atoms with Crippen LogP contribution in [0.3, 0.4) is 0 Å². The summed E-state index contributed by atoms with van der Waals surface area (Å²) in [4.78, 5) is 25.4. The second-order valence-corrected chi connectivity index (χ2v) is 5.21. The van der Waals surface area contributed by atoms with E-state index in [1.165, 1.54) is 0 Å². The van der Waals surface area contributed by atoms with Gasteiger partial charge in [0.15, 0.2) is 0 Å². The van der Waals surface area contributed by atoms with Crippen LogP contribution in [0.1, 0.15) is 26.2 Å². The zero-order valence-corrected chi connectivity index (χ0v) is 10.3. The Bertz CT molecular complexity index is 313.